The van der Waals surface area contributed by atoms with Crippen molar-refractivity contribution < 1.29 is 4.74 Å². The maximum atomic E-state index is 5.20. The van der Waals surface area contributed by atoms with Gasteiger partial charge in [0.05, 0.1) is 0 Å². The molecule has 1 atom stereocenters. The molecule has 0 bridgehead atoms. The Labute approximate surface area is 102 Å². The lowest BCUT2D eigenvalue weighted by Crippen LogP contribution is -2.41. The fourth-order valence-electron chi connectivity index (χ4n) is 2.38. The van der Waals surface area contributed by atoms with Crippen LogP contribution in [0.1, 0.15) is 53.9 Å². The van der Waals surface area contributed by atoms with Gasteiger partial charge in [-0.3, -0.25) is 0 Å². The van der Waals surface area contributed by atoms with Gasteiger partial charge in [0.15, 0.2) is 0 Å². The van der Waals surface area contributed by atoms with E-state index in [1.165, 1.54) is 12.8 Å². The standard InChI is InChI=1S/C14H31NO/c1-7-14(8-2,11-15-12(3)4)13(5)9-10-16-6/h12-13,15H,7-11H2,1-6H3. The fraction of sp³-hybridized carbons (Fsp3) is 1.00. The Hall–Kier alpha value is -0.0800. The van der Waals surface area contributed by atoms with Crippen LogP contribution in [0.5, 0.6) is 0 Å². The fourth-order valence-corrected chi connectivity index (χ4v) is 2.38. The minimum atomic E-state index is 0.433. The molecule has 0 spiro atoms. The second kappa shape index (κ2) is 8.08. The highest BCUT2D eigenvalue weighted by atomic mass is 16.5. The second-order valence-electron chi connectivity index (χ2n) is 5.29. The first kappa shape index (κ1) is 15.9. The van der Waals surface area contributed by atoms with Crippen LogP contribution in [0.25, 0.3) is 0 Å². The molecule has 0 saturated carbocycles. The van der Waals surface area contributed by atoms with E-state index in [1.807, 2.05) is 0 Å². The molecule has 2 nitrogen and oxygen atoms in total. The van der Waals surface area contributed by atoms with Crippen LogP contribution in [0.3, 0.4) is 0 Å². The maximum absolute atomic E-state index is 5.20. The molecule has 0 aromatic heterocycles. The van der Waals surface area contributed by atoms with Crippen LogP contribution < -0.4 is 5.32 Å². The van der Waals surface area contributed by atoms with E-state index < -0.39 is 0 Å². The predicted molar refractivity (Wildman–Crippen MR) is 71.8 cm³/mol. The van der Waals surface area contributed by atoms with Gasteiger partial charge in [-0.25, -0.2) is 0 Å². The van der Waals surface area contributed by atoms with E-state index in [2.05, 4.69) is 39.9 Å². The Morgan fingerprint density at radius 3 is 2.06 bits per heavy atom. The molecule has 2 heteroatoms. The third-order valence-electron chi connectivity index (χ3n) is 4.07. The Morgan fingerprint density at radius 2 is 1.69 bits per heavy atom. The summed E-state index contributed by atoms with van der Waals surface area (Å²) in [5.74, 6) is 0.716. The topological polar surface area (TPSA) is 21.3 Å². The number of nitrogens with one attached hydrogen (secondary N) is 1. The van der Waals surface area contributed by atoms with Crippen LogP contribution in [0.4, 0.5) is 0 Å². The highest BCUT2D eigenvalue weighted by Gasteiger charge is 2.32. The summed E-state index contributed by atoms with van der Waals surface area (Å²) >= 11 is 0. The number of rotatable bonds is 9. The molecular weight excluding hydrogens is 198 g/mol. The highest BCUT2D eigenvalue weighted by molar-refractivity contribution is 4.84. The van der Waals surface area contributed by atoms with Crippen molar-refractivity contribution in [2.45, 2.75) is 59.9 Å². The Morgan fingerprint density at radius 1 is 1.12 bits per heavy atom. The minimum absolute atomic E-state index is 0.433. The van der Waals surface area contributed by atoms with Crippen LogP contribution >= 0.6 is 0 Å². The van der Waals surface area contributed by atoms with Gasteiger partial charge in [-0.2, -0.15) is 0 Å². The minimum Gasteiger partial charge on any atom is -0.385 e. The lowest BCUT2D eigenvalue weighted by atomic mass is 9.70. The summed E-state index contributed by atoms with van der Waals surface area (Å²) in [4.78, 5) is 0. The van der Waals surface area contributed by atoms with E-state index in [4.69, 9.17) is 4.74 Å². The SMILES string of the molecule is CCC(CC)(CNC(C)C)C(C)CCOC. The van der Waals surface area contributed by atoms with Crippen molar-refractivity contribution in [1.82, 2.24) is 5.32 Å². The molecule has 0 aromatic carbocycles. The molecule has 0 aliphatic rings. The van der Waals surface area contributed by atoms with Gasteiger partial charge < -0.3 is 10.1 Å². The van der Waals surface area contributed by atoms with Gasteiger partial charge >= 0.3 is 0 Å². The third kappa shape index (κ3) is 4.84. The lowest BCUT2D eigenvalue weighted by molar-refractivity contribution is 0.101. The van der Waals surface area contributed by atoms with Crippen molar-refractivity contribution in [2.24, 2.45) is 11.3 Å². The number of methoxy groups -OCH3 is 1. The largest absolute Gasteiger partial charge is 0.385 e. The van der Waals surface area contributed by atoms with Crippen molar-refractivity contribution >= 4 is 0 Å². The molecule has 1 unspecified atom stereocenters. The maximum Gasteiger partial charge on any atom is 0.0465 e. The number of hydrogen-bond acceptors (Lipinski definition) is 2. The van der Waals surface area contributed by atoms with Crippen molar-refractivity contribution in [3.05, 3.63) is 0 Å². The van der Waals surface area contributed by atoms with E-state index in [1.54, 1.807) is 7.11 Å². The van der Waals surface area contributed by atoms with Crippen LogP contribution in [0, 0.1) is 11.3 Å². The smallest absolute Gasteiger partial charge is 0.0465 e. The van der Waals surface area contributed by atoms with Crippen LogP contribution in [-0.4, -0.2) is 26.3 Å². The molecule has 0 aromatic rings. The van der Waals surface area contributed by atoms with E-state index in [0.717, 1.165) is 19.6 Å². The van der Waals surface area contributed by atoms with Gasteiger partial charge in [-0.05, 0) is 30.6 Å². The Bertz CT molecular complexity index is 164. The Kier molecular flexibility index (Phi) is 8.04. The van der Waals surface area contributed by atoms with Gasteiger partial charge in [0.25, 0.3) is 0 Å². The van der Waals surface area contributed by atoms with Gasteiger partial charge in [0.2, 0.25) is 0 Å². The van der Waals surface area contributed by atoms with Crippen LogP contribution in [0.15, 0.2) is 0 Å². The molecule has 0 heterocycles. The molecule has 0 radical (unpaired) electrons. The lowest BCUT2D eigenvalue weighted by Gasteiger charge is -2.39. The summed E-state index contributed by atoms with van der Waals surface area (Å²) in [6.07, 6.45) is 3.65. The predicted octanol–water partition coefficient (Wildman–Crippen LogP) is 3.46. The van der Waals surface area contributed by atoms with E-state index >= 15 is 0 Å². The summed E-state index contributed by atoms with van der Waals surface area (Å²) in [6, 6.07) is 0.576. The summed E-state index contributed by atoms with van der Waals surface area (Å²) in [5, 5.41) is 3.60. The summed E-state index contributed by atoms with van der Waals surface area (Å²) < 4.78 is 5.20. The second-order valence-corrected chi connectivity index (χ2v) is 5.29. The molecule has 0 aliphatic heterocycles. The number of hydrogen-bond donors (Lipinski definition) is 1. The van der Waals surface area contributed by atoms with E-state index in [9.17, 15) is 0 Å². The first-order chi connectivity index (χ1) is 7.52. The average molecular weight is 229 g/mol. The zero-order chi connectivity index (χ0) is 12.6. The molecule has 1 N–H and O–H groups in total. The average Bonchev–Trinajstić information content (AvgIpc) is 2.28. The summed E-state index contributed by atoms with van der Waals surface area (Å²) in [7, 11) is 1.79. The van der Waals surface area contributed by atoms with Crippen molar-refractivity contribution in [1.29, 1.82) is 0 Å². The van der Waals surface area contributed by atoms with Crippen molar-refractivity contribution in [3.8, 4) is 0 Å². The van der Waals surface area contributed by atoms with E-state index in [0.29, 0.717) is 17.4 Å². The summed E-state index contributed by atoms with van der Waals surface area (Å²) in [6.45, 7) is 13.4. The molecule has 0 amide bonds. The van der Waals surface area contributed by atoms with Crippen LogP contribution in [0.2, 0.25) is 0 Å². The third-order valence-corrected chi connectivity index (χ3v) is 4.07. The van der Waals surface area contributed by atoms with Gasteiger partial charge in [0, 0.05) is 26.3 Å². The molecule has 0 saturated heterocycles. The quantitative estimate of drug-likeness (QED) is 0.654. The zero-order valence-electron chi connectivity index (χ0n) is 12.1. The van der Waals surface area contributed by atoms with Gasteiger partial charge in [0.1, 0.15) is 0 Å². The summed E-state index contributed by atoms with van der Waals surface area (Å²) in [5.41, 5.74) is 0.433. The van der Waals surface area contributed by atoms with Gasteiger partial charge in [-0.1, -0.05) is 34.6 Å². The number of ether oxygens (including phenoxy) is 1. The molecular formula is C14H31NO. The highest BCUT2D eigenvalue weighted by Crippen LogP contribution is 2.36. The van der Waals surface area contributed by atoms with Crippen LogP contribution in [-0.2, 0) is 4.74 Å². The first-order valence-electron chi connectivity index (χ1n) is 6.74. The molecule has 0 rings (SSSR count). The van der Waals surface area contributed by atoms with E-state index in [-0.39, 0.29) is 0 Å². The zero-order valence-corrected chi connectivity index (χ0v) is 12.1. The Balaban J connectivity index is 4.39. The molecule has 98 valence electrons. The first-order valence-corrected chi connectivity index (χ1v) is 6.74. The van der Waals surface area contributed by atoms with Gasteiger partial charge in [-0.15, -0.1) is 0 Å². The molecule has 0 fully saturated rings. The van der Waals surface area contributed by atoms with Crippen molar-refractivity contribution in [2.75, 3.05) is 20.3 Å². The monoisotopic (exact) mass is 229 g/mol. The van der Waals surface area contributed by atoms with Crippen molar-refractivity contribution in [3.63, 3.8) is 0 Å². The molecule has 0 aliphatic carbocycles. The molecule has 16 heavy (non-hydrogen) atoms. The normalized spacial score (nSPS) is 14.4.